The fraction of sp³-hybridized carbons (Fsp3) is 0.391. The third-order valence-electron chi connectivity index (χ3n) is 5.52. The van der Waals surface area contributed by atoms with Gasteiger partial charge in [-0.1, -0.05) is 12.8 Å². The summed E-state index contributed by atoms with van der Waals surface area (Å²) in [6, 6.07) is 3.21. The highest BCUT2D eigenvalue weighted by Crippen LogP contribution is 2.35. The minimum absolute atomic E-state index is 0.0541. The maximum Gasteiger partial charge on any atom is 0.251 e. The van der Waals surface area contributed by atoms with Crippen molar-refractivity contribution < 1.29 is 13.9 Å². The highest BCUT2D eigenvalue weighted by atomic mass is 19.1. The first-order valence-electron chi connectivity index (χ1n) is 10.5. The van der Waals surface area contributed by atoms with Crippen molar-refractivity contribution in [1.82, 2.24) is 15.3 Å². The number of aryl methyl sites for hydroxylation is 2. The zero-order valence-electron chi connectivity index (χ0n) is 17.7. The molecule has 1 fully saturated rings. The van der Waals surface area contributed by atoms with E-state index in [0.29, 0.717) is 29.9 Å². The normalized spacial score (nSPS) is 17.4. The van der Waals surface area contributed by atoms with Gasteiger partial charge in [-0.25, -0.2) is 14.4 Å². The Morgan fingerprint density at radius 2 is 2.00 bits per heavy atom. The van der Waals surface area contributed by atoms with E-state index in [-0.39, 0.29) is 17.7 Å². The molecule has 0 radical (unpaired) electrons. The number of rotatable bonds is 9. The zero-order valence-corrected chi connectivity index (χ0v) is 17.7. The lowest BCUT2D eigenvalue weighted by Crippen LogP contribution is -2.18. The smallest absolute Gasteiger partial charge is 0.251 e. The number of anilines is 1. The van der Waals surface area contributed by atoms with Gasteiger partial charge in [0.15, 0.2) is 11.6 Å². The van der Waals surface area contributed by atoms with Gasteiger partial charge in [0.1, 0.15) is 0 Å². The van der Waals surface area contributed by atoms with Crippen molar-refractivity contribution in [2.45, 2.75) is 38.1 Å². The van der Waals surface area contributed by atoms with Crippen LogP contribution < -0.4 is 15.4 Å². The topological polar surface area (TPSA) is 88.5 Å². The lowest BCUT2D eigenvalue weighted by Gasteiger charge is -2.11. The SMILES string of the molecule is CNC(=O)c1cc(CCc2cnc(NC3=CC(CC4CC4)N=C3)nc2)c(F)c(OC)c1. The van der Waals surface area contributed by atoms with Crippen LogP contribution >= 0.6 is 0 Å². The average Bonchev–Trinajstić information content (AvgIpc) is 3.50. The average molecular weight is 423 g/mol. The van der Waals surface area contributed by atoms with Gasteiger partial charge in [-0.2, -0.15) is 0 Å². The Labute approximate surface area is 180 Å². The van der Waals surface area contributed by atoms with Crippen molar-refractivity contribution in [2.75, 3.05) is 19.5 Å². The highest BCUT2D eigenvalue weighted by molar-refractivity contribution is 5.94. The summed E-state index contributed by atoms with van der Waals surface area (Å²) in [5.74, 6) is 0.640. The van der Waals surface area contributed by atoms with Crippen molar-refractivity contribution in [3.8, 4) is 5.75 Å². The minimum atomic E-state index is -0.456. The molecule has 2 aromatic rings. The number of carbonyl (C=O) groups is 1. The first kappa shape index (κ1) is 21.0. The van der Waals surface area contributed by atoms with E-state index in [2.05, 4.69) is 31.7 Å². The van der Waals surface area contributed by atoms with E-state index in [1.165, 1.54) is 33.1 Å². The number of aromatic nitrogens is 2. The van der Waals surface area contributed by atoms with Crippen molar-refractivity contribution in [3.05, 3.63) is 58.8 Å². The van der Waals surface area contributed by atoms with Crippen LogP contribution in [0.3, 0.4) is 0 Å². The van der Waals surface area contributed by atoms with Crippen LogP contribution in [0.25, 0.3) is 0 Å². The summed E-state index contributed by atoms with van der Waals surface area (Å²) in [5.41, 5.74) is 2.56. The van der Waals surface area contributed by atoms with Gasteiger partial charge >= 0.3 is 0 Å². The molecule has 8 heteroatoms. The van der Waals surface area contributed by atoms with Gasteiger partial charge in [-0.15, -0.1) is 0 Å². The number of nitrogens with one attached hydrogen (secondary N) is 2. The number of methoxy groups -OCH3 is 1. The number of hydrogen-bond acceptors (Lipinski definition) is 6. The van der Waals surface area contributed by atoms with Crippen LogP contribution in [0.4, 0.5) is 10.3 Å². The van der Waals surface area contributed by atoms with Gasteiger partial charge in [0, 0.05) is 31.2 Å². The summed E-state index contributed by atoms with van der Waals surface area (Å²) in [4.78, 5) is 25.2. The summed E-state index contributed by atoms with van der Waals surface area (Å²) in [6.45, 7) is 0. The Bertz CT molecular complexity index is 1020. The quantitative estimate of drug-likeness (QED) is 0.646. The Kier molecular flexibility index (Phi) is 6.25. The molecule has 2 aliphatic rings. The molecule has 1 aliphatic carbocycles. The van der Waals surface area contributed by atoms with Crippen LogP contribution in [0.1, 0.15) is 40.7 Å². The number of aliphatic imine (C=N–C) groups is 1. The van der Waals surface area contributed by atoms with Crippen molar-refractivity contribution >= 4 is 18.1 Å². The molecule has 0 spiro atoms. The molecule has 4 rings (SSSR count). The maximum absolute atomic E-state index is 14.6. The van der Waals surface area contributed by atoms with E-state index in [1.54, 1.807) is 18.5 Å². The third kappa shape index (κ3) is 5.25. The standard InChI is InChI=1S/C23H26FN5O2/c1-25-22(30)17-8-16(21(24)20(9-17)31-2)6-5-15-11-27-23(28-12-15)29-19-10-18(26-13-19)7-14-3-4-14/h8-14,18H,3-7H2,1-2H3,(H,25,30)(H,27,28,29). The van der Waals surface area contributed by atoms with Gasteiger partial charge in [0.25, 0.3) is 5.91 Å². The van der Waals surface area contributed by atoms with E-state index in [0.717, 1.165) is 23.6 Å². The van der Waals surface area contributed by atoms with Crippen LogP contribution in [-0.4, -0.2) is 42.3 Å². The molecule has 2 N–H and O–H groups in total. The molecule has 2 heterocycles. The summed E-state index contributed by atoms with van der Waals surface area (Å²) >= 11 is 0. The predicted octanol–water partition coefficient (Wildman–Crippen LogP) is 3.32. The lowest BCUT2D eigenvalue weighted by molar-refractivity contribution is 0.0962. The molecular formula is C23H26FN5O2. The van der Waals surface area contributed by atoms with Gasteiger partial charge in [0.05, 0.1) is 18.8 Å². The fourth-order valence-corrected chi connectivity index (χ4v) is 3.59. The molecule has 7 nitrogen and oxygen atoms in total. The zero-order chi connectivity index (χ0) is 21.8. The first-order chi connectivity index (χ1) is 15.1. The second-order valence-electron chi connectivity index (χ2n) is 7.92. The molecule has 1 saturated carbocycles. The van der Waals surface area contributed by atoms with Crippen molar-refractivity contribution in [1.29, 1.82) is 0 Å². The monoisotopic (exact) mass is 423 g/mol. The second kappa shape index (κ2) is 9.24. The number of hydrogen-bond donors (Lipinski definition) is 2. The van der Waals surface area contributed by atoms with Gasteiger partial charge in [-0.05, 0) is 54.5 Å². The molecule has 0 saturated heterocycles. The molecule has 1 aromatic carbocycles. The summed E-state index contributed by atoms with van der Waals surface area (Å²) < 4.78 is 19.7. The molecule has 1 atom stereocenters. The first-order valence-corrected chi connectivity index (χ1v) is 10.5. The van der Waals surface area contributed by atoms with Gasteiger partial charge in [-0.3, -0.25) is 9.79 Å². The Morgan fingerprint density at radius 3 is 2.68 bits per heavy atom. The Balaban J connectivity index is 1.37. The number of allylic oxidation sites excluding steroid dienone is 1. The number of benzene rings is 1. The van der Waals surface area contributed by atoms with Crippen LogP contribution in [-0.2, 0) is 12.8 Å². The van der Waals surface area contributed by atoms with Gasteiger partial charge < -0.3 is 15.4 Å². The van der Waals surface area contributed by atoms with Crippen LogP contribution in [0, 0.1) is 11.7 Å². The number of amides is 1. The lowest BCUT2D eigenvalue weighted by atomic mass is 10.0. The Morgan fingerprint density at radius 1 is 1.23 bits per heavy atom. The fourth-order valence-electron chi connectivity index (χ4n) is 3.59. The molecule has 162 valence electrons. The molecular weight excluding hydrogens is 397 g/mol. The van der Waals surface area contributed by atoms with E-state index >= 15 is 0 Å². The Hall–Kier alpha value is -3.29. The van der Waals surface area contributed by atoms with E-state index in [9.17, 15) is 9.18 Å². The number of nitrogens with zero attached hydrogens (tertiary/aromatic N) is 3. The van der Waals surface area contributed by atoms with Crippen LogP contribution in [0.5, 0.6) is 5.75 Å². The summed E-state index contributed by atoms with van der Waals surface area (Å²) in [7, 11) is 2.92. The van der Waals surface area contributed by atoms with Crippen molar-refractivity contribution in [3.63, 3.8) is 0 Å². The third-order valence-corrected chi connectivity index (χ3v) is 5.52. The van der Waals surface area contributed by atoms with E-state index < -0.39 is 5.82 Å². The largest absolute Gasteiger partial charge is 0.494 e. The van der Waals surface area contributed by atoms with E-state index in [4.69, 9.17) is 4.74 Å². The molecule has 1 aromatic heterocycles. The molecule has 31 heavy (non-hydrogen) atoms. The number of carbonyl (C=O) groups excluding carboxylic acids is 1. The van der Waals surface area contributed by atoms with Gasteiger partial charge in [0.2, 0.25) is 5.95 Å². The van der Waals surface area contributed by atoms with Crippen molar-refractivity contribution in [2.24, 2.45) is 10.9 Å². The summed E-state index contributed by atoms with van der Waals surface area (Å²) in [5, 5.41) is 5.73. The van der Waals surface area contributed by atoms with Crippen LogP contribution in [0.15, 0.2) is 41.3 Å². The predicted molar refractivity (Wildman–Crippen MR) is 117 cm³/mol. The number of ether oxygens (including phenoxy) is 1. The second-order valence-corrected chi connectivity index (χ2v) is 7.92. The molecule has 1 aliphatic heterocycles. The highest BCUT2D eigenvalue weighted by Gasteiger charge is 2.25. The molecule has 1 amide bonds. The maximum atomic E-state index is 14.6. The number of halogens is 1. The molecule has 0 bridgehead atoms. The molecule has 1 unspecified atom stereocenters. The minimum Gasteiger partial charge on any atom is -0.494 e. The van der Waals surface area contributed by atoms with Crippen LogP contribution in [0.2, 0.25) is 0 Å². The van der Waals surface area contributed by atoms with E-state index in [1.807, 2.05) is 6.21 Å². The summed E-state index contributed by atoms with van der Waals surface area (Å²) in [6.07, 6.45) is 12.1.